The van der Waals surface area contributed by atoms with E-state index in [1.807, 2.05) is 13.8 Å². The van der Waals surface area contributed by atoms with Gasteiger partial charge in [-0.25, -0.2) is 0 Å². The molecule has 1 unspecified atom stereocenters. The first-order chi connectivity index (χ1) is 12.8. The lowest BCUT2D eigenvalue weighted by atomic mass is 9.71. The minimum atomic E-state index is -0.545. The molecular formula is C22H29N3O2. The normalized spacial score (nSPS) is 28.7. The molecule has 2 heterocycles. The lowest BCUT2D eigenvalue weighted by Gasteiger charge is -2.42. The number of rotatable bonds is 3. The predicted molar refractivity (Wildman–Crippen MR) is 109 cm³/mol. The molecule has 0 saturated heterocycles. The highest BCUT2D eigenvalue weighted by molar-refractivity contribution is 6.15. The van der Waals surface area contributed by atoms with Gasteiger partial charge in [-0.2, -0.15) is 0 Å². The van der Waals surface area contributed by atoms with Crippen LogP contribution in [0.15, 0.2) is 46.1 Å². The summed E-state index contributed by atoms with van der Waals surface area (Å²) in [6, 6.07) is 6.50. The summed E-state index contributed by atoms with van der Waals surface area (Å²) in [6.07, 6.45) is 2.77. The molecule has 0 spiro atoms. The van der Waals surface area contributed by atoms with Crippen molar-refractivity contribution in [1.82, 2.24) is 5.48 Å². The van der Waals surface area contributed by atoms with E-state index >= 15 is 0 Å². The first kappa shape index (κ1) is 18.3. The number of allylic oxidation sites excluding steroid dienone is 2. The number of aliphatic hydroxyl groups is 1. The number of fused-ring (bicyclic) bond motifs is 2. The van der Waals surface area contributed by atoms with Gasteiger partial charge >= 0.3 is 0 Å². The van der Waals surface area contributed by atoms with Gasteiger partial charge in [0.15, 0.2) is 0 Å². The Morgan fingerprint density at radius 2 is 2.11 bits per heavy atom. The molecule has 5 heteroatoms. The van der Waals surface area contributed by atoms with Gasteiger partial charge in [0.25, 0.3) is 0 Å². The van der Waals surface area contributed by atoms with E-state index in [1.54, 1.807) is 7.11 Å². The Morgan fingerprint density at radius 1 is 1.33 bits per heavy atom. The number of anilines is 1. The van der Waals surface area contributed by atoms with Crippen LogP contribution >= 0.6 is 0 Å². The maximum Gasteiger partial charge on any atom is 0.0853 e. The van der Waals surface area contributed by atoms with E-state index in [1.165, 1.54) is 16.8 Å². The lowest BCUT2D eigenvalue weighted by molar-refractivity contribution is 0.0624. The predicted octanol–water partition coefficient (Wildman–Crippen LogP) is 3.33. The Balaban J connectivity index is 1.92. The maximum atomic E-state index is 10.9. The van der Waals surface area contributed by atoms with E-state index in [4.69, 9.17) is 9.83 Å². The van der Waals surface area contributed by atoms with Gasteiger partial charge < -0.3 is 10.4 Å². The molecule has 0 amide bonds. The summed E-state index contributed by atoms with van der Waals surface area (Å²) in [6.45, 7) is 9.16. The Labute approximate surface area is 161 Å². The van der Waals surface area contributed by atoms with Crippen LogP contribution in [-0.4, -0.2) is 36.1 Å². The van der Waals surface area contributed by atoms with Crippen molar-refractivity contribution < 1.29 is 9.94 Å². The number of aliphatic hydroxyl groups excluding tert-OH is 1. The van der Waals surface area contributed by atoms with Gasteiger partial charge in [0.05, 0.1) is 30.2 Å². The molecule has 0 radical (unpaired) electrons. The molecular weight excluding hydrogens is 338 g/mol. The van der Waals surface area contributed by atoms with E-state index in [2.05, 4.69) is 48.9 Å². The van der Waals surface area contributed by atoms with Gasteiger partial charge in [0.1, 0.15) is 0 Å². The van der Waals surface area contributed by atoms with Gasteiger partial charge in [-0.15, -0.1) is 0 Å². The molecule has 0 fully saturated rings. The molecule has 2 aliphatic heterocycles. The second kappa shape index (κ2) is 6.50. The molecule has 0 aromatic heterocycles. The van der Waals surface area contributed by atoms with Crippen LogP contribution in [0.2, 0.25) is 0 Å². The third-order valence-corrected chi connectivity index (χ3v) is 6.13. The van der Waals surface area contributed by atoms with Crippen molar-refractivity contribution in [2.45, 2.75) is 51.7 Å². The molecule has 3 atom stereocenters. The number of hydrogen-bond acceptors (Lipinski definition) is 5. The van der Waals surface area contributed by atoms with E-state index in [0.717, 1.165) is 35.5 Å². The minimum Gasteiger partial charge on any atom is -0.390 e. The molecule has 1 aromatic carbocycles. The standard InChI is InChI=1S/C22H29N3O2/c1-12-11-16(15-8-6-7-14-9-10-23-19(14)15)20(25-27-5)17-13(2)21(26)22(3,4)24-18(12)17/h6-8,11,13,16,21,23,25-26H,9-10H2,1-5H3/t13-,16?,21+/m1/s1. The summed E-state index contributed by atoms with van der Waals surface area (Å²) in [5, 5.41) is 14.4. The van der Waals surface area contributed by atoms with Crippen LogP contribution in [0.5, 0.6) is 0 Å². The Bertz CT molecular complexity index is 866. The van der Waals surface area contributed by atoms with E-state index in [0.29, 0.717) is 0 Å². The summed E-state index contributed by atoms with van der Waals surface area (Å²) in [5.41, 5.74) is 10.6. The number of nitrogens with one attached hydrogen (secondary N) is 2. The molecule has 4 rings (SSSR count). The van der Waals surface area contributed by atoms with Crippen LogP contribution in [0, 0.1) is 5.92 Å². The second-order valence-electron chi connectivity index (χ2n) is 8.37. The number of hydroxylamine groups is 1. The van der Waals surface area contributed by atoms with Crippen molar-refractivity contribution in [2.75, 3.05) is 19.0 Å². The van der Waals surface area contributed by atoms with Gasteiger partial charge in [-0.1, -0.05) is 31.2 Å². The topological polar surface area (TPSA) is 65.9 Å². The summed E-state index contributed by atoms with van der Waals surface area (Å²) < 4.78 is 0. The Hall–Kier alpha value is -2.11. The molecule has 1 aliphatic carbocycles. The Morgan fingerprint density at radius 3 is 2.85 bits per heavy atom. The molecule has 3 N–H and O–H groups in total. The molecule has 0 bridgehead atoms. The van der Waals surface area contributed by atoms with Crippen LogP contribution in [0.4, 0.5) is 5.69 Å². The summed E-state index contributed by atoms with van der Waals surface area (Å²) in [5.74, 6) is -0.00340. The van der Waals surface area contributed by atoms with Gasteiger partial charge in [-0.05, 0) is 43.9 Å². The fraction of sp³-hybridized carbons (Fsp3) is 0.500. The van der Waals surface area contributed by atoms with Crippen molar-refractivity contribution in [3.8, 4) is 0 Å². The number of hydrogen-bond donors (Lipinski definition) is 3. The zero-order chi connectivity index (χ0) is 19.3. The van der Waals surface area contributed by atoms with Crippen LogP contribution < -0.4 is 10.8 Å². The fourth-order valence-electron chi connectivity index (χ4n) is 4.75. The average molecular weight is 367 g/mol. The molecule has 5 nitrogen and oxygen atoms in total. The number of benzene rings is 1. The average Bonchev–Trinajstić information content (AvgIpc) is 3.11. The number of aliphatic imine (C=N–C) groups is 1. The van der Waals surface area contributed by atoms with E-state index in [-0.39, 0.29) is 11.8 Å². The number of para-hydroxylation sites is 1. The third kappa shape index (κ3) is 2.80. The molecule has 0 saturated carbocycles. The van der Waals surface area contributed by atoms with Crippen molar-refractivity contribution >= 4 is 11.4 Å². The smallest absolute Gasteiger partial charge is 0.0853 e. The first-order valence-corrected chi connectivity index (χ1v) is 9.71. The van der Waals surface area contributed by atoms with E-state index < -0.39 is 11.6 Å². The summed E-state index contributed by atoms with van der Waals surface area (Å²) in [7, 11) is 1.63. The zero-order valence-electron chi connectivity index (χ0n) is 16.8. The highest BCUT2D eigenvalue weighted by Crippen LogP contribution is 2.45. The van der Waals surface area contributed by atoms with Gasteiger partial charge in [0.2, 0.25) is 0 Å². The van der Waals surface area contributed by atoms with Crippen molar-refractivity contribution in [3.05, 3.63) is 52.2 Å². The third-order valence-electron chi connectivity index (χ3n) is 6.13. The lowest BCUT2D eigenvalue weighted by Crippen LogP contribution is -2.48. The second-order valence-corrected chi connectivity index (χ2v) is 8.37. The van der Waals surface area contributed by atoms with Crippen LogP contribution in [0.25, 0.3) is 0 Å². The fourth-order valence-corrected chi connectivity index (χ4v) is 4.75. The summed E-state index contributed by atoms with van der Waals surface area (Å²) >= 11 is 0. The van der Waals surface area contributed by atoms with Crippen molar-refractivity contribution in [1.29, 1.82) is 0 Å². The summed E-state index contributed by atoms with van der Waals surface area (Å²) in [4.78, 5) is 10.3. The molecule has 1 aromatic rings. The Kier molecular flexibility index (Phi) is 4.40. The van der Waals surface area contributed by atoms with Crippen LogP contribution in [0.1, 0.15) is 44.7 Å². The molecule has 144 valence electrons. The largest absolute Gasteiger partial charge is 0.390 e. The van der Waals surface area contributed by atoms with Crippen LogP contribution in [0.3, 0.4) is 0 Å². The first-order valence-electron chi connectivity index (χ1n) is 9.71. The van der Waals surface area contributed by atoms with Crippen molar-refractivity contribution in [3.63, 3.8) is 0 Å². The van der Waals surface area contributed by atoms with Crippen LogP contribution in [-0.2, 0) is 11.3 Å². The minimum absolute atomic E-state index is 0.0373. The molecule has 3 aliphatic rings. The number of nitrogens with zero attached hydrogens (tertiary/aromatic N) is 1. The highest BCUT2D eigenvalue weighted by atomic mass is 16.6. The van der Waals surface area contributed by atoms with Gasteiger partial charge in [-0.3, -0.25) is 15.3 Å². The van der Waals surface area contributed by atoms with Gasteiger partial charge in [0, 0.05) is 29.6 Å². The monoisotopic (exact) mass is 367 g/mol. The molecule has 27 heavy (non-hydrogen) atoms. The SMILES string of the molecule is CONC1=C2C(=NC(C)(C)[C@@H](O)[C@@H]2C)C(C)=CC1c1cccc2c1NCC2. The van der Waals surface area contributed by atoms with E-state index in [9.17, 15) is 5.11 Å². The quantitative estimate of drug-likeness (QED) is 0.717. The van der Waals surface area contributed by atoms with Crippen molar-refractivity contribution in [2.24, 2.45) is 10.9 Å². The zero-order valence-corrected chi connectivity index (χ0v) is 16.8. The maximum absolute atomic E-state index is 10.9. The highest BCUT2D eigenvalue weighted by Gasteiger charge is 2.44.